The summed E-state index contributed by atoms with van der Waals surface area (Å²) in [5, 5.41) is 2.94. The lowest BCUT2D eigenvalue weighted by Crippen LogP contribution is -2.40. The lowest BCUT2D eigenvalue weighted by molar-refractivity contribution is -0.122. The summed E-state index contributed by atoms with van der Waals surface area (Å²) >= 11 is 1.72. The number of fused-ring (bicyclic) bond motifs is 2. The smallest absolute Gasteiger partial charge is 0.301 e. The van der Waals surface area contributed by atoms with Crippen molar-refractivity contribution in [3.8, 4) is 0 Å². The molecule has 0 N–H and O–H groups in total. The fraction of sp³-hybridized carbons (Fsp3) is 0.381. The molecule has 0 radical (unpaired) electrons. The monoisotopic (exact) mass is 368 g/mol. The highest BCUT2D eigenvalue weighted by Crippen LogP contribution is 2.47. The summed E-state index contributed by atoms with van der Waals surface area (Å²) in [6.45, 7) is 6.78. The Bertz CT molecular complexity index is 755. The molecule has 0 aliphatic carbocycles. The van der Waals surface area contributed by atoms with E-state index in [1.54, 1.807) is 11.8 Å². The zero-order valence-electron chi connectivity index (χ0n) is 15.3. The highest BCUT2D eigenvalue weighted by atomic mass is 32.2. The van der Waals surface area contributed by atoms with Gasteiger partial charge in [0.05, 0.1) is 0 Å². The number of carbonyl (C=O) groups excluding carboxylic acids is 1. The molecule has 0 bridgehead atoms. The van der Waals surface area contributed by atoms with Gasteiger partial charge in [0, 0.05) is 15.8 Å². The zero-order valence-corrected chi connectivity index (χ0v) is 16.1. The SMILES string of the molecule is CCN(CC)CCC1(C(=O)N=O)c2ccccc2CSc2ccccc21. The van der Waals surface area contributed by atoms with Gasteiger partial charge in [0.2, 0.25) is 0 Å². The van der Waals surface area contributed by atoms with Crippen molar-refractivity contribution in [2.24, 2.45) is 5.18 Å². The predicted molar refractivity (Wildman–Crippen MR) is 106 cm³/mol. The molecule has 0 saturated carbocycles. The van der Waals surface area contributed by atoms with Gasteiger partial charge >= 0.3 is 5.91 Å². The number of nitrogens with zero attached hydrogens (tertiary/aromatic N) is 2. The number of carbonyl (C=O) groups is 1. The second-order valence-corrected chi connectivity index (χ2v) is 7.54. The molecule has 0 aromatic heterocycles. The third-order valence-corrected chi connectivity index (χ3v) is 6.47. The van der Waals surface area contributed by atoms with E-state index in [2.05, 4.69) is 30.0 Å². The lowest BCUT2D eigenvalue weighted by Gasteiger charge is -2.34. The number of amides is 1. The van der Waals surface area contributed by atoms with Crippen LogP contribution in [-0.4, -0.2) is 30.4 Å². The molecule has 4 nitrogen and oxygen atoms in total. The van der Waals surface area contributed by atoms with Crippen LogP contribution >= 0.6 is 11.8 Å². The number of rotatable bonds is 6. The van der Waals surface area contributed by atoms with E-state index in [0.717, 1.165) is 47.0 Å². The Morgan fingerprint density at radius 3 is 2.42 bits per heavy atom. The Morgan fingerprint density at radius 1 is 1.08 bits per heavy atom. The Labute approximate surface area is 159 Å². The molecule has 1 atom stereocenters. The summed E-state index contributed by atoms with van der Waals surface area (Å²) < 4.78 is 0. The van der Waals surface area contributed by atoms with Crippen LogP contribution in [0.2, 0.25) is 0 Å². The molecule has 0 spiro atoms. The molecule has 5 heteroatoms. The molecular formula is C21H24N2O2S. The van der Waals surface area contributed by atoms with Gasteiger partial charge < -0.3 is 4.90 Å². The fourth-order valence-corrected chi connectivity index (χ4v) is 4.99. The van der Waals surface area contributed by atoms with Crippen molar-refractivity contribution in [3.63, 3.8) is 0 Å². The van der Waals surface area contributed by atoms with Gasteiger partial charge in [0.25, 0.3) is 0 Å². The first kappa shape index (κ1) is 18.8. The van der Waals surface area contributed by atoms with Crippen molar-refractivity contribution >= 4 is 17.7 Å². The molecule has 3 rings (SSSR count). The van der Waals surface area contributed by atoms with Gasteiger partial charge in [-0.15, -0.1) is 16.7 Å². The van der Waals surface area contributed by atoms with Gasteiger partial charge in [-0.25, -0.2) is 0 Å². The van der Waals surface area contributed by atoms with Gasteiger partial charge in [-0.1, -0.05) is 56.3 Å². The van der Waals surface area contributed by atoms with Crippen molar-refractivity contribution in [3.05, 3.63) is 70.1 Å². The molecular weight excluding hydrogens is 344 g/mol. The van der Waals surface area contributed by atoms with E-state index in [4.69, 9.17) is 0 Å². The molecule has 1 heterocycles. The maximum atomic E-state index is 13.0. The summed E-state index contributed by atoms with van der Waals surface area (Å²) in [5.41, 5.74) is 1.92. The molecule has 1 amide bonds. The van der Waals surface area contributed by atoms with Crippen LogP contribution in [0.25, 0.3) is 0 Å². The van der Waals surface area contributed by atoms with Crippen LogP contribution in [-0.2, 0) is 16.0 Å². The second kappa shape index (κ2) is 8.14. The average Bonchev–Trinajstić information content (AvgIpc) is 2.84. The first-order valence-corrected chi connectivity index (χ1v) is 10.1. The maximum absolute atomic E-state index is 13.0. The predicted octanol–water partition coefficient (Wildman–Crippen LogP) is 4.60. The van der Waals surface area contributed by atoms with E-state index in [0.29, 0.717) is 6.42 Å². The highest BCUT2D eigenvalue weighted by molar-refractivity contribution is 7.98. The van der Waals surface area contributed by atoms with Gasteiger partial charge in [0.1, 0.15) is 5.41 Å². The average molecular weight is 369 g/mol. The Balaban J connectivity index is 2.23. The Morgan fingerprint density at radius 2 is 1.73 bits per heavy atom. The van der Waals surface area contributed by atoms with E-state index in [1.165, 1.54) is 0 Å². The minimum absolute atomic E-state index is 0.549. The quantitative estimate of drug-likeness (QED) is 0.699. The summed E-state index contributed by atoms with van der Waals surface area (Å²) in [7, 11) is 0. The Hall–Kier alpha value is -1.98. The van der Waals surface area contributed by atoms with Crippen molar-refractivity contribution < 1.29 is 4.79 Å². The van der Waals surface area contributed by atoms with Crippen LogP contribution in [0.5, 0.6) is 0 Å². The van der Waals surface area contributed by atoms with Crippen LogP contribution in [0.1, 0.15) is 37.0 Å². The summed E-state index contributed by atoms with van der Waals surface area (Å²) in [5.74, 6) is 0.193. The summed E-state index contributed by atoms with van der Waals surface area (Å²) in [6.07, 6.45) is 0.549. The first-order chi connectivity index (χ1) is 12.7. The van der Waals surface area contributed by atoms with Gasteiger partial charge in [-0.05, 0) is 48.8 Å². The highest BCUT2D eigenvalue weighted by Gasteiger charge is 2.46. The van der Waals surface area contributed by atoms with Crippen LogP contribution in [0.3, 0.4) is 0 Å². The van der Waals surface area contributed by atoms with Crippen molar-refractivity contribution in [2.75, 3.05) is 19.6 Å². The normalized spacial score (nSPS) is 18.7. The van der Waals surface area contributed by atoms with E-state index in [-0.39, 0.29) is 0 Å². The minimum Gasteiger partial charge on any atom is -0.304 e. The molecule has 0 fully saturated rings. The maximum Gasteiger partial charge on any atom is 0.301 e. The number of nitroso groups, excluding NO2 is 1. The lowest BCUT2D eigenvalue weighted by atomic mass is 9.70. The zero-order chi connectivity index (χ0) is 18.6. The van der Waals surface area contributed by atoms with Crippen molar-refractivity contribution in [1.82, 2.24) is 4.90 Å². The van der Waals surface area contributed by atoms with E-state index in [1.807, 2.05) is 42.5 Å². The van der Waals surface area contributed by atoms with Gasteiger partial charge in [-0.2, -0.15) is 0 Å². The third-order valence-electron chi connectivity index (χ3n) is 5.35. The van der Waals surface area contributed by atoms with Crippen molar-refractivity contribution in [1.29, 1.82) is 0 Å². The number of hydrogen-bond donors (Lipinski definition) is 0. The van der Waals surface area contributed by atoms with E-state index in [9.17, 15) is 9.70 Å². The number of benzene rings is 2. The molecule has 2 aromatic carbocycles. The molecule has 26 heavy (non-hydrogen) atoms. The standard InChI is InChI=1S/C21H24N2O2S/c1-3-23(4-2)14-13-21(20(24)22-25)17-10-6-5-9-16(17)15-26-19-12-8-7-11-18(19)21/h5-12H,3-4,13-15H2,1-2H3. The van der Waals surface area contributed by atoms with Crippen LogP contribution in [0.4, 0.5) is 0 Å². The largest absolute Gasteiger partial charge is 0.304 e. The van der Waals surface area contributed by atoms with E-state index < -0.39 is 11.3 Å². The number of thioether (sulfide) groups is 1. The van der Waals surface area contributed by atoms with Crippen LogP contribution in [0.15, 0.2) is 58.6 Å². The minimum atomic E-state index is -1.01. The summed E-state index contributed by atoms with van der Waals surface area (Å²) in [6, 6.07) is 15.9. The molecule has 1 unspecified atom stereocenters. The van der Waals surface area contributed by atoms with E-state index >= 15 is 0 Å². The van der Waals surface area contributed by atoms with Crippen molar-refractivity contribution in [2.45, 2.75) is 36.3 Å². The molecule has 1 aliphatic heterocycles. The third kappa shape index (κ3) is 3.21. The molecule has 136 valence electrons. The second-order valence-electron chi connectivity index (χ2n) is 6.52. The van der Waals surface area contributed by atoms with Crippen LogP contribution < -0.4 is 0 Å². The number of hydrogen-bond acceptors (Lipinski definition) is 4. The van der Waals surface area contributed by atoms with Gasteiger partial charge in [-0.3, -0.25) is 4.79 Å². The Kier molecular flexibility index (Phi) is 5.89. The molecule has 1 aliphatic rings. The summed E-state index contributed by atoms with van der Waals surface area (Å²) in [4.78, 5) is 27.9. The molecule has 2 aromatic rings. The van der Waals surface area contributed by atoms with Crippen LogP contribution in [0, 0.1) is 4.91 Å². The first-order valence-electron chi connectivity index (χ1n) is 9.08. The molecule has 0 saturated heterocycles. The fourth-order valence-electron chi connectivity index (χ4n) is 3.86. The van der Waals surface area contributed by atoms with Gasteiger partial charge in [0.15, 0.2) is 0 Å². The topological polar surface area (TPSA) is 49.7 Å².